The van der Waals surface area contributed by atoms with Crippen molar-refractivity contribution in [2.24, 2.45) is 5.73 Å². The Morgan fingerprint density at radius 1 is 1.40 bits per heavy atom. The summed E-state index contributed by atoms with van der Waals surface area (Å²) >= 11 is 3.20. The minimum atomic E-state index is -1.66. The van der Waals surface area contributed by atoms with E-state index in [-0.39, 0.29) is 11.3 Å². The number of halogens is 1. The van der Waals surface area contributed by atoms with Crippen LogP contribution in [0, 0.1) is 0 Å². The molecule has 2 unspecified atom stereocenters. The van der Waals surface area contributed by atoms with Gasteiger partial charge in [-0.25, -0.2) is 0 Å². The van der Waals surface area contributed by atoms with E-state index < -0.39 is 18.1 Å². The summed E-state index contributed by atoms with van der Waals surface area (Å²) in [6, 6.07) is 4.71. The van der Waals surface area contributed by atoms with Gasteiger partial charge in [0.05, 0.1) is 0 Å². The van der Waals surface area contributed by atoms with E-state index in [1.54, 1.807) is 12.1 Å². The van der Waals surface area contributed by atoms with Crippen LogP contribution in [0.4, 0.5) is 5.69 Å². The van der Waals surface area contributed by atoms with Gasteiger partial charge in [0.2, 0.25) is 5.91 Å². The molecule has 6 N–H and O–H groups in total. The topological polar surface area (TPSA) is 110 Å². The van der Waals surface area contributed by atoms with Gasteiger partial charge in [0, 0.05) is 15.7 Å². The van der Waals surface area contributed by atoms with Crippen molar-refractivity contribution in [3.8, 4) is 0 Å². The first-order valence-corrected chi connectivity index (χ1v) is 4.93. The molecule has 0 fully saturated rings. The molecule has 5 nitrogen and oxygen atoms in total. The molecule has 1 amide bonds. The molecule has 0 bridgehead atoms. The van der Waals surface area contributed by atoms with Crippen LogP contribution in [-0.4, -0.2) is 22.2 Å². The van der Waals surface area contributed by atoms with Crippen LogP contribution >= 0.6 is 15.9 Å². The maximum Gasteiger partial charge on any atom is 0.249 e. The van der Waals surface area contributed by atoms with Gasteiger partial charge in [-0.2, -0.15) is 0 Å². The molecule has 0 saturated heterocycles. The van der Waals surface area contributed by atoms with Crippen molar-refractivity contribution in [1.82, 2.24) is 0 Å². The van der Waals surface area contributed by atoms with Crippen molar-refractivity contribution in [3.05, 3.63) is 28.2 Å². The van der Waals surface area contributed by atoms with Crippen molar-refractivity contribution < 1.29 is 15.0 Å². The fourth-order valence-electron chi connectivity index (χ4n) is 1.14. The van der Waals surface area contributed by atoms with Gasteiger partial charge in [0.25, 0.3) is 0 Å². The minimum Gasteiger partial charge on any atom is -0.398 e. The zero-order valence-corrected chi connectivity index (χ0v) is 9.31. The highest BCUT2D eigenvalue weighted by molar-refractivity contribution is 9.10. The van der Waals surface area contributed by atoms with Gasteiger partial charge in [0.15, 0.2) is 6.10 Å². The number of aliphatic hydroxyl groups is 2. The molecule has 1 aromatic rings. The lowest BCUT2D eigenvalue weighted by Crippen LogP contribution is -2.34. The number of aliphatic hydroxyl groups excluding tert-OH is 2. The van der Waals surface area contributed by atoms with Crippen molar-refractivity contribution in [2.45, 2.75) is 12.2 Å². The standard InChI is InChI=1S/C9H11BrN2O3/c10-4-1-2-5(6(11)3-4)7(13)8(14)9(12)15/h1-3,7-8,13-14H,11H2,(H2,12,15). The Morgan fingerprint density at radius 2 is 2.00 bits per heavy atom. The lowest BCUT2D eigenvalue weighted by molar-refractivity contribution is -0.131. The Bertz CT molecular complexity index is 384. The summed E-state index contributed by atoms with van der Waals surface area (Å²) < 4.78 is 0.740. The van der Waals surface area contributed by atoms with Gasteiger partial charge < -0.3 is 21.7 Å². The van der Waals surface area contributed by atoms with Crippen molar-refractivity contribution in [3.63, 3.8) is 0 Å². The molecule has 2 atom stereocenters. The summed E-state index contributed by atoms with van der Waals surface area (Å²) in [6.45, 7) is 0. The lowest BCUT2D eigenvalue weighted by Gasteiger charge is -2.16. The van der Waals surface area contributed by atoms with Crippen LogP contribution in [0.25, 0.3) is 0 Å². The van der Waals surface area contributed by atoms with Crippen LogP contribution in [-0.2, 0) is 4.79 Å². The second-order valence-corrected chi connectivity index (χ2v) is 3.98. The minimum absolute atomic E-state index is 0.268. The molecule has 0 spiro atoms. The van der Waals surface area contributed by atoms with E-state index in [4.69, 9.17) is 11.5 Å². The Hall–Kier alpha value is -1.11. The summed E-state index contributed by atoms with van der Waals surface area (Å²) in [6.07, 6.45) is -3.07. The molecule has 0 heterocycles. The zero-order chi connectivity index (χ0) is 11.6. The number of amides is 1. The van der Waals surface area contributed by atoms with E-state index in [2.05, 4.69) is 15.9 Å². The average molecular weight is 275 g/mol. The second-order valence-electron chi connectivity index (χ2n) is 3.07. The smallest absolute Gasteiger partial charge is 0.249 e. The SMILES string of the molecule is NC(=O)C(O)C(O)c1ccc(Br)cc1N. The van der Waals surface area contributed by atoms with E-state index in [1.165, 1.54) is 6.07 Å². The van der Waals surface area contributed by atoms with Gasteiger partial charge in [0.1, 0.15) is 6.10 Å². The van der Waals surface area contributed by atoms with Crippen molar-refractivity contribution in [2.75, 3.05) is 5.73 Å². The van der Waals surface area contributed by atoms with Gasteiger partial charge in [-0.05, 0) is 12.1 Å². The first kappa shape index (κ1) is 12.0. The first-order chi connectivity index (χ1) is 6.93. The van der Waals surface area contributed by atoms with E-state index in [1.807, 2.05) is 0 Å². The number of nitrogens with two attached hydrogens (primary N) is 2. The normalized spacial score (nSPS) is 14.6. The number of benzene rings is 1. The van der Waals surface area contributed by atoms with Crippen molar-refractivity contribution in [1.29, 1.82) is 0 Å². The second kappa shape index (κ2) is 4.61. The molecule has 1 rings (SSSR count). The third-order valence-corrected chi connectivity index (χ3v) is 2.45. The summed E-state index contributed by atoms with van der Waals surface area (Å²) in [5.41, 5.74) is 11.0. The summed E-state index contributed by atoms with van der Waals surface area (Å²) in [5, 5.41) is 18.8. The highest BCUT2D eigenvalue weighted by Gasteiger charge is 2.24. The molecule has 1 aromatic carbocycles. The van der Waals surface area contributed by atoms with Crippen LogP contribution in [0.15, 0.2) is 22.7 Å². The number of hydrogen-bond donors (Lipinski definition) is 4. The Labute approximate surface area is 94.8 Å². The summed E-state index contributed by atoms with van der Waals surface area (Å²) in [7, 11) is 0. The van der Waals surface area contributed by atoms with Crippen molar-refractivity contribution >= 4 is 27.5 Å². The molecule has 0 aromatic heterocycles. The number of anilines is 1. The number of hydrogen-bond acceptors (Lipinski definition) is 4. The van der Waals surface area contributed by atoms with Gasteiger partial charge >= 0.3 is 0 Å². The number of carbonyl (C=O) groups excluding carboxylic acids is 1. The first-order valence-electron chi connectivity index (χ1n) is 4.14. The van der Waals surface area contributed by atoms with E-state index in [9.17, 15) is 15.0 Å². The zero-order valence-electron chi connectivity index (χ0n) is 7.72. The number of primary amides is 1. The fraction of sp³-hybridized carbons (Fsp3) is 0.222. The molecular formula is C9H11BrN2O3. The van der Waals surface area contributed by atoms with E-state index >= 15 is 0 Å². The Kier molecular flexibility index (Phi) is 3.67. The predicted octanol–water partition coefficient (Wildman–Crippen LogP) is -0.0891. The van der Waals surface area contributed by atoms with Crippen LogP contribution in [0.1, 0.15) is 11.7 Å². The highest BCUT2D eigenvalue weighted by Crippen LogP contribution is 2.26. The van der Waals surface area contributed by atoms with Gasteiger partial charge in [-0.1, -0.05) is 22.0 Å². The third kappa shape index (κ3) is 2.68. The fourth-order valence-corrected chi connectivity index (χ4v) is 1.52. The van der Waals surface area contributed by atoms with Crippen LogP contribution < -0.4 is 11.5 Å². The van der Waals surface area contributed by atoms with Gasteiger partial charge in [-0.3, -0.25) is 4.79 Å². The summed E-state index contributed by atoms with van der Waals surface area (Å²) in [4.78, 5) is 10.7. The molecule has 0 radical (unpaired) electrons. The van der Waals surface area contributed by atoms with E-state index in [0.717, 1.165) is 4.47 Å². The molecule has 15 heavy (non-hydrogen) atoms. The summed E-state index contributed by atoms with van der Waals surface area (Å²) in [5.74, 6) is -0.996. The van der Waals surface area contributed by atoms with Crippen LogP contribution in [0.3, 0.4) is 0 Å². The molecule has 0 saturated carbocycles. The molecule has 6 heteroatoms. The Balaban J connectivity index is 3.01. The average Bonchev–Trinajstić information content (AvgIpc) is 2.15. The predicted molar refractivity (Wildman–Crippen MR) is 58.7 cm³/mol. The number of rotatable bonds is 3. The number of carbonyl (C=O) groups is 1. The molecule has 0 aliphatic rings. The van der Waals surface area contributed by atoms with Gasteiger partial charge in [-0.15, -0.1) is 0 Å². The molecule has 0 aliphatic heterocycles. The Morgan fingerprint density at radius 3 is 2.47 bits per heavy atom. The van der Waals surface area contributed by atoms with Crippen LogP contribution in [0.5, 0.6) is 0 Å². The molecular weight excluding hydrogens is 264 g/mol. The third-order valence-electron chi connectivity index (χ3n) is 1.96. The molecule has 0 aliphatic carbocycles. The monoisotopic (exact) mass is 274 g/mol. The highest BCUT2D eigenvalue weighted by atomic mass is 79.9. The number of nitrogen functional groups attached to an aromatic ring is 1. The quantitative estimate of drug-likeness (QED) is 0.578. The van der Waals surface area contributed by atoms with E-state index in [0.29, 0.717) is 0 Å². The van der Waals surface area contributed by atoms with Crippen LogP contribution in [0.2, 0.25) is 0 Å². The maximum atomic E-state index is 10.7. The molecule has 82 valence electrons. The maximum absolute atomic E-state index is 10.7. The lowest BCUT2D eigenvalue weighted by atomic mass is 10.0. The largest absolute Gasteiger partial charge is 0.398 e.